The quantitative estimate of drug-likeness (QED) is 0.688. The lowest BCUT2D eigenvalue weighted by atomic mass is 10.1. The molecule has 3 rings (SSSR count). The van der Waals surface area contributed by atoms with Crippen molar-refractivity contribution in [3.05, 3.63) is 58.9 Å². The minimum Gasteiger partial charge on any atom is -0.481 e. The summed E-state index contributed by atoms with van der Waals surface area (Å²) in [6.07, 6.45) is 2.24. The average Bonchev–Trinajstić information content (AvgIpc) is 2.89. The molecule has 1 aromatic carbocycles. The number of nitrogens with zero attached hydrogens (tertiary/aromatic N) is 4. The molecule has 1 N–H and O–H groups in total. The highest BCUT2D eigenvalue weighted by molar-refractivity contribution is 6.30. The number of pyridine rings is 1. The van der Waals surface area contributed by atoms with Crippen molar-refractivity contribution in [2.45, 2.75) is 19.8 Å². The van der Waals surface area contributed by atoms with Crippen LogP contribution in [-0.2, 0) is 17.6 Å². The Morgan fingerprint density at radius 3 is 2.79 bits per heavy atom. The molecule has 0 aliphatic carbocycles. The van der Waals surface area contributed by atoms with Crippen molar-refractivity contribution >= 4 is 34.7 Å². The van der Waals surface area contributed by atoms with Gasteiger partial charge in [0.2, 0.25) is 0 Å². The van der Waals surface area contributed by atoms with Gasteiger partial charge in [0.05, 0.1) is 22.8 Å². The first-order valence-corrected chi connectivity index (χ1v) is 7.84. The van der Waals surface area contributed by atoms with Crippen molar-refractivity contribution < 1.29 is 9.90 Å². The van der Waals surface area contributed by atoms with Crippen molar-refractivity contribution in [3.8, 4) is 0 Å². The van der Waals surface area contributed by atoms with Crippen molar-refractivity contribution in [1.29, 1.82) is 0 Å². The van der Waals surface area contributed by atoms with E-state index in [-0.39, 0.29) is 6.42 Å². The minimum atomic E-state index is -0.977. The molecule has 7 heteroatoms. The molecule has 6 nitrogen and oxygen atoms in total. The fourth-order valence-electron chi connectivity index (χ4n) is 2.43. The Bertz CT molecular complexity index is 933. The lowest BCUT2D eigenvalue weighted by Gasteiger charge is -2.01. The second-order valence-electron chi connectivity index (χ2n) is 5.21. The topological polar surface area (TPSA) is 79.3 Å². The van der Waals surface area contributed by atoms with Gasteiger partial charge < -0.3 is 5.11 Å². The van der Waals surface area contributed by atoms with Gasteiger partial charge in [-0.3, -0.25) is 9.20 Å². The third-order valence-electron chi connectivity index (χ3n) is 3.57. The van der Waals surface area contributed by atoms with Crippen LogP contribution in [0.15, 0.2) is 52.8 Å². The average molecular weight is 343 g/mol. The monoisotopic (exact) mass is 342 g/mol. The van der Waals surface area contributed by atoms with Crippen LogP contribution in [0, 0.1) is 0 Å². The van der Waals surface area contributed by atoms with Gasteiger partial charge >= 0.3 is 5.97 Å². The highest BCUT2D eigenvalue weighted by Crippen LogP contribution is 2.27. The smallest absolute Gasteiger partial charge is 0.309 e. The maximum atomic E-state index is 11.1. The van der Waals surface area contributed by atoms with Crippen molar-refractivity contribution in [2.24, 2.45) is 10.2 Å². The maximum Gasteiger partial charge on any atom is 0.309 e. The molecule has 0 unspecified atom stereocenters. The number of hydrogen-bond donors (Lipinski definition) is 1. The summed E-state index contributed by atoms with van der Waals surface area (Å²) in [5.74, 6) is -0.601. The van der Waals surface area contributed by atoms with Crippen LogP contribution in [0.1, 0.15) is 18.2 Å². The standard InChI is InChI=1S/C17H15ClN4O2/c1-2-11-5-3-4-6-13(11)20-21-17-14(9-16(23)24)19-15-8-7-12(18)10-22(15)17/h3-8,10H,2,9H2,1H3,(H,23,24). The number of carboxylic acid groups (broad SMARTS) is 1. The number of fused-ring (bicyclic) bond motifs is 1. The predicted octanol–water partition coefficient (Wildman–Crippen LogP) is 4.59. The van der Waals surface area contributed by atoms with Gasteiger partial charge in [0, 0.05) is 6.20 Å². The summed E-state index contributed by atoms with van der Waals surface area (Å²) >= 11 is 6.03. The molecule has 3 aromatic rings. The largest absolute Gasteiger partial charge is 0.481 e. The van der Waals surface area contributed by atoms with E-state index in [1.54, 1.807) is 22.7 Å². The molecule has 0 amide bonds. The third-order valence-corrected chi connectivity index (χ3v) is 3.79. The van der Waals surface area contributed by atoms with Gasteiger partial charge in [0.1, 0.15) is 5.65 Å². The van der Waals surface area contributed by atoms with Gasteiger partial charge in [-0.2, -0.15) is 0 Å². The zero-order valence-corrected chi connectivity index (χ0v) is 13.7. The molecule has 0 bridgehead atoms. The Hall–Kier alpha value is -2.73. The second kappa shape index (κ2) is 6.80. The molecule has 0 fully saturated rings. The number of aryl methyl sites for hydroxylation is 1. The SMILES string of the molecule is CCc1ccccc1N=Nc1c(CC(=O)O)nc2ccc(Cl)cn12. The van der Waals surface area contributed by atoms with E-state index >= 15 is 0 Å². The Morgan fingerprint density at radius 2 is 2.04 bits per heavy atom. The van der Waals surface area contributed by atoms with E-state index < -0.39 is 5.97 Å². The van der Waals surface area contributed by atoms with Crippen LogP contribution in [0.25, 0.3) is 5.65 Å². The molecule has 0 saturated heterocycles. The molecule has 2 aromatic heterocycles. The molecule has 0 spiro atoms. The highest BCUT2D eigenvalue weighted by atomic mass is 35.5. The number of aliphatic carboxylic acids is 1. The van der Waals surface area contributed by atoms with E-state index in [4.69, 9.17) is 16.7 Å². The van der Waals surface area contributed by atoms with Gasteiger partial charge in [-0.1, -0.05) is 36.7 Å². The first kappa shape index (κ1) is 16.1. The molecular formula is C17H15ClN4O2. The van der Waals surface area contributed by atoms with Crippen LogP contribution in [0.5, 0.6) is 0 Å². The molecule has 24 heavy (non-hydrogen) atoms. The molecule has 0 atom stereocenters. The third kappa shape index (κ3) is 3.28. The van der Waals surface area contributed by atoms with Crippen molar-refractivity contribution in [2.75, 3.05) is 0 Å². The summed E-state index contributed by atoms with van der Waals surface area (Å²) in [7, 11) is 0. The zero-order valence-electron chi connectivity index (χ0n) is 13.0. The Labute approximate surface area is 143 Å². The van der Waals surface area contributed by atoms with Gasteiger partial charge in [0.25, 0.3) is 0 Å². The summed E-state index contributed by atoms with van der Waals surface area (Å²) in [4.78, 5) is 15.4. The number of imidazole rings is 1. The van der Waals surface area contributed by atoms with E-state index in [2.05, 4.69) is 15.2 Å². The first-order valence-electron chi connectivity index (χ1n) is 7.46. The fraction of sp³-hybridized carbons (Fsp3) is 0.176. The summed E-state index contributed by atoms with van der Waals surface area (Å²) < 4.78 is 1.65. The van der Waals surface area contributed by atoms with Crippen LogP contribution in [0.4, 0.5) is 11.5 Å². The summed E-state index contributed by atoms with van der Waals surface area (Å²) in [6, 6.07) is 11.1. The number of rotatable bonds is 5. The number of hydrogen-bond acceptors (Lipinski definition) is 4. The minimum absolute atomic E-state index is 0.233. The van der Waals surface area contributed by atoms with Crippen molar-refractivity contribution in [1.82, 2.24) is 9.38 Å². The predicted molar refractivity (Wildman–Crippen MR) is 91.5 cm³/mol. The molecular weight excluding hydrogens is 328 g/mol. The molecule has 0 aliphatic heterocycles. The number of azo groups is 1. The lowest BCUT2D eigenvalue weighted by Crippen LogP contribution is -2.00. The van der Waals surface area contributed by atoms with Gasteiger partial charge in [-0.15, -0.1) is 10.2 Å². The number of carboxylic acids is 1. The van der Waals surface area contributed by atoms with Crippen LogP contribution >= 0.6 is 11.6 Å². The van der Waals surface area contributed by atoms with E-state index in [9.17, 15) is 4.79 Å². The van der Waals surface area contributed by atoms with Gasteiger partial charge in [-0.25, -0.2) is 4.98 Å². The number of carbonyl (C=O) groups is 1. The number of halogens is 1. The Kier molecular flexibility index (Phi) is 4.57. The Balaban J connectivity index is 2.11. The van der Waals surface area contributed by atoms with Crippen LogP contribution < -0.4 is 0 Å². The summed E-state index contributed by atoms with van der Waals surface area (Å²) in [5.41, 5.74) is 2.74. The van der Waals surface area contributed by atoms with E-state index in [0.717, 1.165) is 17.7 Å². The second-order valence-corrected chi connectivity index (χ2v) is 5.65. The van der Waals surface area contributed by atoms with Crippen LogP contribution in [-0.4, -0.2) is 20.5 Å². The maximum absolute atomic E-state index is 11.1. The van der Waals surface area contributed by atoms with Crippen molar-refractivity contribution in [3.63, 3.8) is 0 Å². The fourth-order valence-corrected chi connectivity index (χ4v) is 2.59. The zero-order chi connectivity index (χ0) is 17.1. The van der Waals surface area contributed by atoms with E-state index in [1.165, 1.54) is 0 Å². The highest BCUT2D eigenvalue weighted by Gasteiger charge is 2.15. The molecule has 0 radical (unpaired) electrons. The molecule has 0 saturated carbocycles. The van der Waals surface area contributed by atoms with E-state index in [1.807, 2.05) is 31.2 Å². The van der Waals surface area contributed by atoms with Gasteiger partial charge in [-0.05, 0) is 30.2 Å². The van der Waals surface area contributed by atoms with Crippen LogP contribution in [0.2, 0.25) is 5.02 Å². The number of aromatic nitrogens is 2. The van der Waals surface area contributed by atoms with E-state index in [0.29, 0.717) is 22.2 Å². The summed E-state index contributed by atoms with van der Waals surface area (Å²) in [5, 5.41) is 18.2. The van der Waals surface area contributed by atoms with Gasteiger partial charge in [0.15, 0.2) is 5.82 Å². The molecule has 2 heterocycles. The molecule has 122 valence electrons. The number of benzene rings is 1. The van der Waals surface area contributed by atoms with Crippen LogP contribution in [0.3, 0.4) is 0 Å². The lowest BCUT2D eigenvalue weighted by molar-refractivity contribution is -0.136. The Morgan fingerprint density at radius 1 is 1.25 bits per heavy atom. The normalized spacial score (nSPS) is 11.4. The summed E-state index contributed by atoms with van der Waals surface area (Å²) in [6.45, 7) is 2.04. The molecule has 0 aliphatic rings. The first-order chi connectivity index (χ1) is 11.6.